The quantitative estimate of drug-likeness (QED) is 0.740. The highest BCUT2D eigenvalue weighted by atomic mass is 32.1. The SMILES string of the molecule is CC1CC1C(=O)NCCn1ncc(-c2cnccn2)c1-c1cccs1. The highest BCUT2D eigenvalue weighted by molar-refractivity contribution is 7.13. The van der Waals surface area contributed by atoms with Crippen LogP contribution in [0.3, 0.4) is 0 Å². The van der Waals surface area contributed by atoms with E-state index in [0.717, 1.165) is 28.2 Å². The van der Waals surface area contributed by atoms with Crippen molar-refractivity contribution < 1.29 is 4.79 Å². The number of hydrogen-bond acceptors (Lipinski definition) is 5. The zero-order chi connectivity index (χ0) is 17.2. The van der Waals surface area contributed by atoms with Crippen molar-refractivity contribution in [3.05, 3.63) is 42.3 Å². The molecule has 1 saturated carbocycles. The van der Waals surface area contributed by atoms with Crippen molar-refractivity contribution in [3.63, 3.8) is 0 Å². The molecule has 1 aliphatic rings. The zero-order valence-corrected chi connectivity index (χ0v) is 14.7. The van der Waals surface area contributed by atoms with Crippen LogP contribution in [0.25, 0.3) is 21.8 Å². The van der Waals surface area contributed by atoms with Gasteiger partial charge in [-0.25, -0.2) is 0 Å². The smallest absolute Gasteiger partial charge is 0.223 e. The average molecular weight is 353 g/mol. The number of hydrogen-bond donors (Lipinski definition) is 1. The molecular formula is C18H19N5OS. The van der Waals surface area contributed by atoms with Crippen molar-refractivity contribution in [3.8, 4) is 21.8 Å². The molecule has 1 fully saturated rings. The molecule has 25 heavy (non-hydrogen) atoms. The van der Waals surface area contributed by atoms with E-state index in [9.17, 15) is 4.79 Å². The van der Waals surface area contributed by atoms with Crippen LogP contribution in [-0.4, -0.2) is 32.2 Å². The third kappa shape index (κ3) is 3.32. The summed E-state index contributed by atoms with van der Waals surface area (Å²) in [7, 11) is 0. The van der Waals surface area contributed by atoms with Crippen LogP contribution in [0.1, 0.15) is 13.3 Å². The van der Waals surface area contributed by atoms with Crippen molar-refractivity contribution in [1.29, 1.82) is 0 Å². The van der Waals surface area contributed by atoms with Crippen LogP contribution in [0.15, 0.2) is 42.3 Å². The summed E-state index contributed by atoms with van der Waals surface area (Å²) in [5.74, 6) is 0.880. The minimum atomic E-state index is 0.159. The summed E-state index contributed by atoms with van der Waals surface area (Å²) < 4.78 is 1.94. The summed E-state index contributed by atoms with van der Waals surface area (Å²) in [5.41, 5.74) is 2.77. The van der Waals surface area contributed by atoms with Crippen molar-refractivity contribution in [2.24, 2.45) is 11.8 Å². The van der Waals surface area contributed by atoms with E-state index in [1.807, 2.05) is 22.3 Å². The highest BCUT2D eigenvalue weighted by Crippen LogP contribution is 2.37. The van der Waals surface area contributed by atoms with Gasteiger partial charge in [0.25, 0.3) is 0 Å². The second-order valence-corrected chi connectivity index (χ2v) is 7.26. The molecule has 3 aromatic rings. The summed E-state index contributed by atoms with van der Waals surface area (Å²) in [6.45, 7) is 3.31. The number of nitrogens with zero attached hydrogens (tertiary/aromatic N) is 4. The van der Waals surface area contributed by atoms with Gasteiger partial charge < -0.3 is 5.32 Å². The first kappa shape index (κ1) is 16.0. The summed E-state index contributed by atoms with van der Waals surface area (Å²) >= 11 is 1.66. The van der Waals surface area contributed by atoms with Crippen molar-refractivity contribution in [1.82, 2.24) is 25.1 Å². The summed E-state index contributed by atoms with van der Waals surface area (Å²) in [5, 5.41) is 9.59. The van der Waals surface area contributed by atoms with Crippen LogP contribution in [0.4, 0.5) is 0 Å². The number of aromatic nitrogens is 4. The lowest BCUT2D eigenvalue weighted by atomic mass is 10.1. The summed E-state index contributed by atoms with van der Waals surface area (Å²) in [4.78, 5) is 21.7. The Morgan fingerprint density at radius 1 is 1.40 bits per heavy atom. The topological polar surface area (TPSA) is 72.7 Å². The fourth-order valence-electron chi connectivity index (χ4n) is 2.96. The van der Waals surface area contributed by atoms with E-state index >= 15 is 0 Å². The Kier molecular flexibility index (Phi) is 4.31. The van der Waals surface area contributed by atoms with E-state index in [1.54, 1.807) is 29.9 Å². The summed E-state index contributed by atoms with van der Waals surface area (Å²) in [6.07, 6.45) is 7.92. The number of nitrogens with one attached hydrogen (secondary N) is 1. The zero-order valence-electron chi connectivity index (χ0n) is 13.9. The first-order valence-corrected chi connectivity index (χ1v) is 9.26. The third-order valence-corrected chi connectivity index (χ3v) is 5.38. The Hall–Kier alpha value is -2.54. The Morgan fingerprint density at radius 2 is 2.28 bits per heavy atom. The Morgan fingerprint density at radius 3 is 2.96 bits per heavy atom. The number of carbonyl (C=O) groups excluding carboxylic acids is 1. The lowest BCUT2D eigenvalue weighted by Crippen LogP contribution is -2.29. The van der Waals surface area contributed by atoms with E-state index in [2.05, 4.69) is 33.4 Å². The molecule has 1 aliphatic carbocycles. The van der Waals surface area contributed by atoms with Gasteiger partial charge in [-0.3, -0.25) is 19.4 Å². The number of amides is 1. The van der Waals surface area contributed by atoms with E-state index in [-0.39, 0.29) is 11.8 Å². The van der Waals surface area contributed by atoms with Gasteiger partial charge in [0.05, 0.1) is 35.2 Å². The van der Waals surface area contributed by atoms with Gasteiger partial charge in [-0.1, -0.05) is 13.0 Å². The third-order valence-electron chi connectivity index (χ3n) is 4.50. The molecule has 0 aromatic carbocycles. The van der Waals surface area contributed by atoms with Crippen LogP contribution < -0.4 is 5.32 Å². The van der Waals surface area contributed by atoms with E-state index in [0.29, 0.717) is 19.0 Å². The molecule has 0 aliphatic heterocycles. The Bertz CT molecular complexity index is 859. The van der Waals surface area contributed by atoms with Gasteiger partial charge in [0.1, 0.15) is 0 Å². The molecular weight excluding hydrogens is 334 g/mol. The molecule has 1 N–H and O–H groups in total. The van der Waals surface area contributed by atoms with Crippen LogP contribution >= 0.6 is 11.3 Å². The molecule has 4 rings (SSSR count). The molecule has 6 nitrogen and oxygen atoms in total. The normalized spacial score (nSPS) is 18.9. The van der Waals surface area contributed by atoms with Gasteiger partial charge >= 0.3 is 0 Å². The molecule has 3 heterocycles. The molecule has 3 aromatic heterocycles. The predicted octanol–water partition coefficient (Wildman–Crippen LogP) is 2.84. The maximum absolute atomic E-state index is 12.0. The minimum absolute atomic E-state index is 0.159. The molecule has 2 unspecified atom stereocenters. The first-order chi connectivity index (χ1) is 12.2. The van der Waals surface area contributed by atoms with Crippen molar-refractivity contribution >= 4 is 17.2 Å². The van der Waals surface area contributed by atoms with Crippen LogP contribution in [0, 0.1) is 11.8 Å². The molecule has 1 amide bonds. The standard InChI is InChI=1S/C18H19N5OS/c1-12-9-13(12)18(24)21-6-7-23-17(16-3-2-8-25-16)14(10-22-23)15-11-19-4-5-20-15/h2-5,8,10-13H,6-7,9H2,1H3,(H,21,24). The number of thiophene rings is 1. The summed E-state index contributed by atoms with van der Waals surface area (Å²) in [6, 6.07) is 4.09. The minimum Gasteiger partial charge on any atom is -0.354 e. The van der Waals surface area contributed by atoms with Gasteiger partial charge in [-0.15, -0.1) is 11.3 Å². The fraction of sp³-hybridized carbons (Fsp3) is 0.333. The molecule has 7 heteroatoms. The largest absolute Gasteiger partial charge is 0.354 e. The Labute approximate surface area is 149 Å². The lowest BCUT2D eigenvalue weighted by Gasteiger charge is -2.09. The van der Waals surface area contributed by atoms with Crippen LogP contribution in [-0.2, 0) is 11.3 Å². The Balaban J connectivity index is 1.55. The highest BCUT2D eigenvalue weighted by Gasteiger charge is 2.38. The van der Waals surface area contributed by atoms with Gasteiger partial charge in [0.15, 0.2) is 0 Å². The lowest BCUT2D eigenvalue weighted by molar-refractivity contribution is -0.122. The maximum Gasteiger partial charge on any atom is 0.223 e. The number of rotatable bonds is 6. The first-order valence-electron chi connectivity index (χ1n) is 8.38. The molecule has 128 valence electrons. The van der Waals surface area contributed by atoms with Gasteiger partial charge in [0.2, 0.25) is 5.91 Å². The van der Waals surface area contributed by atoms with Gasteiger partial charge in [0, 0.05) is 30.4 Å². The van der Waals surface area contributed by atoms with E-state index in [4.69, 9.17) is 0 Å². The maximum atomic E-state index is 12.0. The number of carbonyl (C=O) groups is 1. The molecule has 2 atom stereocenters. The monoisotopic (exact) mass is 353 g/mol. The van der Waals surface area contributed by atoms with Gasteiger partial charge in [-0.2, -0.15) is 5.10 Å². The van der Waals surface area contributed by atoms with Crippen LogP contribution in [0.2, 0.25) is 0 Å². The molecule has 0 radical (unpaired) electrons. The van der Waals surface area contributed by atoms with Crippen molar-refractivity contribution in [2.45, 2.75) is 19.9 Å². The predicted molar refractivity (Wildman–Crippen MR) is 96.8 cm³/mol. The fourth-order valence-corrected chi connectivity index (χ4v) is 3.75. The molecule has 0 bridgehead atoms. The second kappa shape index (κ2) is 6.76. The van der Waals surface area contributed by atoms with Crippen LogP contribution in [0.5, 0.6) is 0 Å². The molecule has 0 spiro atoms. The average Bonchev–Trinajstić information content (AvgIpc) is 3.04. The van der Waals surface area contributed by atoms with E-state index < -0.39 is 0 Å². The second-order valence-electron chi connectivity index (χ2n) is 6.31. The molecule has 0 saturated heterocycles. The van der Waals surface area contributed by atoms with Crippen molar-refractivity contribution in [2.75, 3.05) is 6.54 Å². The van der Waals surface area contributed by atoms with E-state index in [1.165, 1.54) is 0 Å². The van der Waals surface area contributed by atoms with Gasteiger partial charge in [-0.05, 0) is 23.8 Å².